The van der Waals surface area contributed by atoms with Gasteiger partial charge in [0, 0.05) is 24.6 Å². The van der Waals surface area contributed by atoms with Gasteiger partial charge in [-0.25, -0.2) is 9.97 Å². The van der Waals surface area contributed by atoms with Crippen LogP contribution < -0.4 is 5.32 Å². The van der Waals surface area contributed by atoms with Crippen LogP contribution in [0.1, 0.15) is 24.0 Å². The predicted molar refractivity (Wildman–Crippen MR) is 79.6 cm³/mol. The summed E-state index contributed by atoms with van der Waals surface area (Å²) < 4.78 is 5.13. The van der Waals surface area contributed by atoms with Crippen LogP contribution in [0.5, 0.6) is 0 Å². The van der Waals surface area contributed by atoms with Crippen LogP contribution in [0.15, 0.2) is 18.2 Å². The maximum Gasteiger partial charge on any atom is 0.157 e. The van der Waals surface area contributed by atoms with E-state index < -0.39 is 0 Å². The van der Waals surface area contributed by atoms with Crippen LogP contribution in [0.3, 0.4) is 0 Å². The molecule has 0 amide bonds. The van der Waals surface area contributed by atoms with Crippen LogP contribution in [0.25, 0.3) is 10.6 Å². The number of anilines is 1. The first-order valence-electron chi connectivity index (χ1n) is 6.40. The Kier molecular flexibility index (Phi) is 4.87. The van der Waals surface area contributed by atoms with Crippen molar-refractivity contribution in [2.24, 2.45) is 0 Å². The molecule has 2 rings (SSSR count). The minimum absolute atomic E-state index is 0.430. The van der Waals surface area contributed by atoms with Crippen molar-refractivity contribution in [2.75, 3.05) is 19.0 Å². The number of nitrogens with zero attached hydrogens (tertiary/aromatic N) is 2. The van der Waals surface area contributed by atoms with Gasteiger partial charge in [-0.15, -0.1) is 11.3 Å². The Bertz CT molecular complexity index is 539. The minimum atomic E-state index is 0.430. The van der Waals surface area contributed by atoms with Gasteiger partial charge in [0.25, 0.3) is 0 Å². The zero-order chi connectivity index (χ0) is 13.7. The molecular weight excluding hydrogens is 258 g/mol. The predicted octanol–water partition coefficient (Wildman–Crippen LogP) is 3.48. The van der Waals surface area contributed by atoms with Crippen molar-refractivity contribution >= 4 is 17.2 Å². The molecule has 19 heavy (non-hydrogen) atoms. The number of ether oxygens (including phenoxy) is 1. The molecule has 4 nitrogen and oxygen atoms in total. The lowest BCUT2D eigenvalue weighted by atomic mass is 10.3. The van der Waals surface area contributed by atoms with E-state index in [1.165, 1.54) is 4.88 Å². The number of aromatic nitrogens is 2. The standard InChI is InChI=1S/C14H19N3OS/c1-4-7-15-13-8-11(12-6-5-10(2)19-12)16-14(17-13)9-18-3/h5-6,8H,4,7,9H2,1-3H3,(H,15,16,17). The summed E-state index contributed by atoms with van der Waals surface area (Å²) in [5.41, 5.74) is 0.957. The van der Waals surface area contributed by atoms with Crippen LogP contribution >= 0.6 is 11.3 Å². The summed E-state index contributed by atoms with van der Waals surface area (Å²) in [7, 11) is 1.66. The van der Waals surface area contributed by atoms with Crippen LogP contribution in [0.2, 0.25) is 0 Å². The van der Waals surface area contributed by atoms with E-state index in [0.29, 0.717) is 12.4 Å². The Morgan fingerprint density at radius 2 is 2.16 bits per heavy atom. The summed E-state index contributed by atoms with van der Waals surface area (Å²) in [5, 5.41) is 3.31. The van der Waals surface area contributed by atoms with Gasteiger partial charge in [0.2, 0.25) is 0 Å². The molecule has 0 fully saturated rings. The Morgan fingerprint density at radius 1 is 1.32 bits per heavy atom. The van der Waals surface area contributed by atoms with Crippen LogP contribution in [0.4, 0.5) is 5.82 Å². The van der Waals surface area contributed by atoms with Gasteiger partial charge in [-0.05, 0) is 25.5 Å². The van der Waals surface area contributed by atoms with E-state index in [-0.39, 0.29) is 0 Å². The molecule has 0 atom stereocenters. The third kappa shape index (κ3) is 3.75. The molecule has 2 aromatic heterocycles. The maximum absolute atomic E-state index is 5.13. The molecule has 0 aliphatic heterocycles. The van der Waals surface area contributed by atoms with Crippen molar-refractivity contribution in [3.63, 3.8) is 0 Å². The normalized spacial score (nSPS) is 10.7. The van der Waals surface area contributed by atoms with Crippen molar-refractivity contribution in [3.05, 3.63) is 28.9 Å². The Morgan fingerprint density at radius 3 is 2.79 bits per heavy atom. The molecule has 0 unspecified atom stereocenters. The molecule has 0 aliphatic rings. The van der Waals surface area contributed by atoms with Crippen molar-refractivity contribution < 1.29 is 4.74 Å². The van der Waals surface area contributed by atoms with E-state index in [1.54, 1.807) is 18.4 Å². The molecule has 0 saturated carbocycles. The Hall–Kier alpha value is -1.46. The van der Waals surface area contributed by atoms with Gasteiger partial charge >= 0.3 is 0 Å². The van der Waals surface area contributed by atoms with E-state index in [0.717, 1.165) is 29.4 Å². The van der Waals surface area contributed by atoms with E-state index in [2.05, 4.69) is 41.3 Å². The van der Waals surface area contributed by atoms with Gasteiger partial charge in [0.1, 0.15) is 12.4 Å². The van der Waals surface area contributed by atoms with Gasteiger partial charge in [-0.2, -0.15) is 0 Å². The monoisotopic (exact) mass is 277 g/mol. The van der Waals surface area contributed by atoms with Crippen molar-refractivity contribution in [1.82, 2.24) is 9.97 Å². The molecular formula is C14H19N3OS. The smallest absolute Gasteiger partial charge is 0.157 e. The highest BCUT2D eigenvalue weighted by molar-refractivity contribution is 7.15. The fraction of sp³-hybridized carbons (Fsp3) is 0.429. The molecule has 1 N–H and O–H groups in total. The minimum Gasteiger partial charge on any atom is -0.377 e. The molecule has 0 radical (unpaired) electrons. The van der Waals surface area contributed by atoms with E-state index >= 15 is 0 Å². The van der Waals surface area contributed by atoms with Crippen molar-refractivity contribution in [3.8, 4) is 10.6 Å². The summed E-state index contributed by atoms with van der Waals surface area (Å²) in [4.78, 5) is 11.4. The number of rotatable bonds is 6. The highest BCUT2D eigenvalue weighted by Crippen LogP contribution is 2.27. The largest absolute Gasteiger partial charge is 0.377 e. The lowest BCUT2D eigenvalue weighted by Gasteiger charge is -2.08. The highest BCUT2D eigenvalue weighted by Gasteiger charge is 2.08. The fourth-order valence-corrected chi connectivity index (χ4v) is 2.56. The molecule has 5 heteroatoms. The number of nitrogens with one attached hydrogen (secondary N) is 1. The van der Waals surface area contributed by atoms with Gasteiger partial charge in [0.15, 0.2) is 5.82 Å². The average molecular weight is 277 g/mol. The summed E-state index contributed by atoms with van der Waals surface area (Å²) in [6.45, 7) is 5.57. The molecule has 0 saturated heterocycles. The second-order valence-corrected chi connectivity index (χ2v) is 5.61. The number of aryl methyl sites for hydroxylation is 1. The van der Waals surface area contributed by atoms with Crippen LogP contribution in [-0.4, -0.2) is 23.6 Å². The SMILES string of the molecule is CCCNc1cc(-c2ccc(C)s2)nc(COC)n1. The zero-order valence-electron chi connectivity index (χ0n) is 11.6. The summed E-state index contributed by atoms with van der Waals surface area (Å²) in [6, 6.07) is 6.21. The van der Waals surface area contributed by atoms with Crippen LogP contribution in [-0.2, 0) is 11.3 Å². The molecule has 0 bridgehead atoms. The third-order valence-corrected chi connectivity index (χ3v) is 3.62. The Balaban J connectivity index is 2.33. The first-order chi connectivity index (χ1) is 9.22. The summed E-state index contributed by atoms with van der Waals surface area (Å²) in [6.07, 6.45) is 1.07. The summed E-state index contributed by atoms with van der Waals surface area (Å²) in [5.74, 6) is 1.58. The van der Waals surface area contributed by atoms with Gasteiger partial charge in [-0.1, -0.05) is 6.92 Å². The van der Waals surface area contributed by atoms with Gasteiger partial charge < -0.3 is 10.1 Å². The molecule has 0 spiro atoms. The molecule has 2 heterocycles. The number of hydrogen-bond acceptors (Lipinski definition) is 5. The van der Waals surface area contributed by atoms with Crippen molar-refractivity contribution in [2.45, 2.75) is 26.9 Å². The number of thiophene rings is 1. The van der Waals surface area contributed by atoms with E-state index in [9.17, 15) is 0 Å². The first kappa shape index (κ1) is 14.0. The van der Waals surface area contributed by atoms with E-state index in [4.69, 9.17) is 4.74 Å². The fourth-order valence-electron chi connectivity index (χ4n) is 1.73. The second kappa shape index (κ2) is 6.63. The third-order valence-electron chi connectivity index (χ3n) is 2.59. The second-order valence-electron chi connectivity index (χ2n) is 4.32. The molecule has 2 aromatic rings. The van der Waals surface area contributed by atoms with Crippen LogP contribution in [0, 0.1) is 6.92 Å². The molecule has 0 aromatic carbocycles. The highest BCUT2D eigenvalue weighted by atomic mass is 32.1. The first-order valence-corrected chi connectivity index (χ1v) is 7.22. The number of methoxy groups -OCH3 is 1. The molecule has 102 valence electrons. The van der Waals surface area contributed by atoms with Crippen molar-refractivity contribution in [1.29, 1.82) is 0 Å². The zero-order valence-corrected chi connectivity index (χ0v) is 12.4. The van der Waals surface area contributed by atoms with E-state index in [1.807, 2.05) is 6.07 Å². The lowest BCUT2D eigenvalue weighted by molar-refractivity contribution is 0.178. The van der Waals surface area contributed by atoms with Gasteiger partial charge in [-0.3, -0.25) is 0 Å². The summed E-state index contributed by atoms with van der Waals surface area (Å²) >= 11 is 1.74. The quantitative estimate of drug-likeness (QED) is 0.878. The number of hydrogen-bond donors (Lipinski definition) is 1. The van der Waals surface area contributed by atoms with Gasteiger partial charge in [0.05, 0.1) is 10.6 Å². The maximum atomic E-state index is 5.13. The molecule has 0 aliphatic carbocycles. The Labute approximate surface area is 117 Å². The lowest BCUT2D eigenvalue weighted by Crippen LogP contribution is -2.06. The average Bonchev–Trinajstić information content (AvgIpc) is 2.83. The topological polar surface area (TPSA) is 47.0 Å².